The first kappa shape index (κ1) is 27.5. The Bertz CT molecular complexity index is 4790. The number of hydrogen-bond acceptors (Lipinski definition) is 2. The van der Waals surface area contributed by atoms with Crippen LogP contribution in [0.2, 0.25) is 0 Å². The molecule has 0 N–H and O–H groups in total. The van der Waals surface area contributed by atoms with E-state index in [4.69, 9.17) is 21.9 Å². The highest BCUT2D eigenvalue weighted by Crippen LogP contribution is 2.52. The molecule has 0 fully saturated rings. The van der Waals surface area contributed by atoms with E-state index in [1.807, 2.05) is 50.2 Å². The van der Waals surface area contributed by atoms with Crippen molar-refractivity contribution in [1.82, 2.24) is 0 Å². The molecule has 12 rings (SSSR count). The van der Waals surface area contributed by atoms with Crippen molar-refractivity contribution in [2.24, 2.45) is 0 Å². The van der Waals surface area contributed by atoms with Crippen LogP contribution in [0, 0.1) is 39.3 Å². The first-order valence-electron chi connectivity index (χ1n) is 32.9. The predicted molar refractivity (Wildman–Crippen MR) is 300 cm³/mol. The van der Waals surface area contributed by atoms with E-state index >= 15 is 8.78 Å². The highest BCUT2D eigenvalue weighted by atomic mass is 19.1. The lowest BCUT2D eigenvalue weighted by Gasteiger charge is -2.33. The molecular formula is C68H50F2N2. The monoisotopic (exact) mass is 953 g/mol. The summed E-state index contributed by atoms with van der Waals surface area (Å²) in [5.74, 6) is -2.16. The standard InChI is InChI=1S/C68H50F2N2/c1-43-19-17-29-61(45(43)3)71(67-57(49-25-13-7-14-26-49)39-53(41-59(67)69)47-21-9-5-10-22-47)63-37-33-51-32-36-56-64(38-34-52-31-35-55(63)65(51)66(52)56)72(62-30-18-20-44(2)46(62)4)68-58(50-27-15-8-16-28-50)40-54(42-60(68)70)48-23-11-6-12-24-48/h5-42H,1-4H3/i5D,6D,7D,8D,9D,10D,11D,12D,13D,14D,15D,16D,21D,22D,23D,24D,25D,26D,27D,28D. The van der Waals surface area contributed by atoms with E-state index in [1.54, 1.807) is 72.2 Å². The largest absolute Gasteiger partial charge is 0.306 e. The fourth-order valence-corrected chi connectivity index (χ4v) is 9.74. The summed E-state index contributed by atoms with van der Waals surface area (Å²) in [6.07, 6.45) is 0. The number of halogens is 2. The third-order valence-electron chi connectivity index (χ3n) is 13.4. The molecule has 0 spiro atoms. The normalized spacial score (nSPS) is 15.4. The van der Waals surface area contributed by atoms with E-state index in [9.17, 15) is 5.48 Å². The molecular weight excluding hydrogens is 883 g/mol. The molecule has 346 valence electrons. The zero-order chi connectivity index (χ0) is 66.4. The van der Waals surface area contributed by atoms with Crippen molar-refractivity contribution in [1.29, 1.82) is 0 Å². The molecule has 0 heterocycles. The highest BCUT2D eigenvalue weighted by molar-refractivity contribution is 6.28. The fourth-order valence-electron chi connectivity index (χ4n) is 9.74. The van der Waals surface area contributed by atoms with Crippen LogP contribution in [0.5, 0.6) is 0 Å². The van der Waals surface area contributed by atoms with Gasteiger partial charge in [-0.1, -0.05) is 182 Å². The van der Waals surface area contributed by atoms with Crippen molar-refractivity contribution in [3.05, 3.63) is 264 Å². The quantitative estimate of drug-likeness (QED) is 0.126. The molecule has 0 aliphatic carbocycles. The van der Waals surface area contributed by atoms with E-state index in [0.717, 1.165) is 23.3 Å². The van der Waals surface area contributed by atoms with Gasteiger partial charge in [0.15, 0.2) is 0 Å². The fraction of sp³-hybridized carbons (Fsp3) is 0.0588. The summed E-state index contributed by atoms with van der Waals surface area (Å²) in [5, 5.41) is 3.36. The SMILES string of the molecule is [2H]c1c([2H])c([2H])c(-c2cc(F)c(N(c3cccc(C)c3C)c3ccc4ccc5c(N(c6cccc(C)c6C)c6c(F)cc(-c7c([2H])c([2H])c([2H])c([2H])c7[2H])cc6-c6c([2H])c([2H])c([2H])c([2H])c6[2H])ccc6ccc3c4c65)c(-c3c([2H])c([2H])c([2H])c([2H])c3[2H])c2)c([2H])c1[2H]. The number of rotatable bonds is 10. The number of benzene rings is 12. The van der Waals surface area contributed by atoms with Gasteiger partial charge in [-0.15, -0.1) is 0 Å². The van der Waals surface area contributed by atoms with Crippen molar-refractivity contribution < 1.29 is 36.2 Å². The number of hydrogen-bond donors (Lipinski definition) is 0. The van der Waals surface area contributed by atoms with Gasteiger partial charge in [0.1, 0.15) is 11.6 Å². The molecule has 0 aliphatic heterocycles. The minimum absolute atomic E-state index is 0.253. The highest BCUT2D eigenvalue weighted by Gasteiger charge is 2.29. The second-order valence-corrected chi connectivity index (χ2v) is 17.4. The summed E-state index contributed by atoms with van der Waals surface area (Å²) in [7, 11) is 0. The zero-order valence-electron chi connectivity index (χ0n) is 59.0. The van der Waals surface area contributed by atoms with Crippen LogP contribution < -0.4 is 9.80 Å². The number of anilines is 6. The van der Waals surface area contributed by atoms with E-state index in [1.165, 1.54) is 12.1 Å². The molecule has 4 heteroatoms. The first-order chi connectivity index (χ1) is 43.5. The van der Waals surface area contributed by atoms with Crippen LogP contribution in [0.1, 0.15) is 49.7 Å². The Labute approximate surface area is 447 Å². The summed E-state index contributed by atoms with van der Waals surface area (Å²) >= 11 is 0. The van der Waals surface area contributed by atoms with Crippen LogP contribution in [-0.2, 0) is 0 Å². The van der Waals surface area contributed by atoms with Crippen molar-refractivity contribution in [2.45, 2.75) is 27.7 Å². The molecule has 0 amide bonds. The molecule has 0 aromatic heterocycles. The molecule has 0 aliphatic rings. The molecule has 0 unspecified atom stereocenters. The predicted octanol–water partition coefficient (Wildman–Crippen LogP) is 19.7. The Hall–Kier alpha value is -8.86. The molecule has 0 atom stereocenters. The Morgan fingerprint density at radius 2 is 0.694 bits per heavy atom. The van der Waals surface area contributed by atoms with Gasteiger partial charge >= 0.3 is 0 Å². The lowest BCUT2D eigenvalue weighted by atomic mass is 9.90. The van der Waals surface area contributed by atoms with Crippen LogP contribution in [0.3, 0.4) is 0 Å². The van der Waals surface area contributed by atoms with Gasteiger partial charge in [-0.2, -0.15) is 0 Å². The van der Waals surface area contributed by atoms with Crippen LogP contribution in [-0.4, -0.2) is 0 Å². The van der Waals surface area contributed by atoms with E-state index in [0.29, 0.717) is 66.2 Å². The molecule has 12 aromatic rings. The summed E-state index contributed by atoms with van der Waals surface area (Å²) in [6, 6.07) is 15.1. The van der Waals surface area contributed by atoms with Gasteiger partial charge in [0.2, 0.25) is 0 Å². The van der Waals surface area contributed by atoms with Gasteiger partial charge in [-0.25, -0.2) is 8.78 Å². The molecule has 0 bridgehead atoms. The summed E-state index contributed by atoms with van der Waals surface area (Å²) in [4.78, 5) is 3.13. The van der Waals surface area contributed by atoms with Gasteiger partial charge < -0.3 is 9.80 Å². The van der Waals surface area contributed by atoms with Crippen molar-refractivity contribution >= 4 is 66.4 Å². The molecule has 0 saturated carbocycles. The topological polar surface area (TPSA) is 6.48 Å². The summed E-state index contributed by atoms with van der Waals surface area (Å²) in [6.45, 7) is 7.29. The molecule has 0 radical (unpaired) electrons. The Morgan fingerprint density at radius 3 is 1.07 bits per heavy atom. The number of nitrogens with zero attached hydrogens (tertiary/aromatic N) is 2. The average Bonchev–Trinajstić information content (AvgIpc) is 0.719. The third-order valence-corrected chi connectivity index (χ3v) is 13.4. The van der Waals surface area contributed by atoms with Gasteiger partial charge in [-0.3, -0.25) is 0 Å². The lowest BCUT2D eigenvalue weighted by molar-refractivity contribution is 0.629. The second kappa shape index (κ2) is 18.1. The van der Waals surface area contributed by atoms with Gasteiger partial charge in [0.05, 0.1) is 50.2 Å². The molecule has 2 nitrogen and oxygen atoms in total. The van der Waals surface area contributed by atoms with Crippen LogP contribution in [0.25, 0.3) is 76.8 Å². The summed E-state index contributed by atoms with van der Waals surface area (Å²) in [5.41, 5.74) is 0.552. The molecule has 0 saturated heterocycles. The Kier molecular flexibility index (Phi) is 6.93. The van der Waals surface area contributed by atoms with Gasteiger partial charge in [0, 0.05) is 33.3 Å². The smallest absolute Gasteiger partial charge is 0.148 e. The van der Waals surface area contributed by atoms with Crippen molar-refractivity contribution in [2.75, 3.05) is 9.80 Å². The lowest BCUT2D eigenvalue weighted by Crippen LogP contribution is -2.16. The average molecular weight is 953 g/mol. The van der Waals surface area contributed by atoms with Crippen LogP contribution in [0.15, 0.2) is 230 Å². The Morgan fingerprint density at radius 1 is 0.347 bits per heavy atom. The van der Waals surface area contributed by atoms with Crippen molar-refractivity contribution in [3.63, 3.8) is 0 Å². The molecule has 12 aromatic carbocycles. The first-order valence-corrected chi connectivity index (χ1v) is 22.9. The van der Waals surface area contributed by atoms with Crippen LogP contribution >= 0.6 is 0 Å². The maximum absolute atomic E-state index is 18.6. The zero-order valence-corrected chi connectivity index (χ0v) is 39.0. The maximum Gasteiger partial charge on any atom is 0.148 e. The maximum atomic E-state index is 18.6. The van der Waals surface area contributed by atoms with E-state index < -0.39 is 155 Å². The van der Waals surface area contributed by atoms with Crippen LogP contribution in [0.4, 0.5) is 42.9 Å². The minimum atomic E-state index is -1.08. The number of aryl methyl sites for hydroxylation is 2. The molecule has 72 heavy (non-hydrogen) atoms. The third kappa shape index (κ3) is 7.55. The summed E-state index contributed by atoms with van der Waals surface area (Å²) < 4.78 is 213. The Balaban J connectivity index is 1.20. The second-order valence-electron chi connectivity index (χ2n) is 17.4. The van der Waals surface area contributed by atoms with Crippen molar-refractivity contribution in [3.8, 4) is 44.5 Å². The van der Waals surface area contributed by atoms with E-state index in [2.05, 4.69) is 0 Å². The van der Waals surface area contributed by atoms with E-state index in [-0.39, 0.29) is 33.6 Å². The van der Waals surface area contributed by atoms with Gasteiger partial charge in [-0.05, 0) is 153 Å². The minimum Gasteiger partial charge on any atom is -0.306 e. The van der Waals surface area contributed by atoms with Gasteiger partial charge in [0.25, 0.3) is 0 Å².